The molecule has 0 radical (unpaired) electrons. The first-order chi connectivity index (χ1) is 9.78. The smallest absolute Gasteiger partial charge is 0.273 e. The van der Waals surface area contributed by atoms with Gasteiger partial charge in [-0.15, -0.1) is 11.3 Å². The zero-order chi connectivity index (χ0) is 13.9. The fraction of sp³-hybridized carbons (Fsp3) is 0.429. The summed E-state index contributed by atoms with van der Waals surface area (Å²) in [6, 6.07) is 1.85. The maximum absolute atomic E-state index is 12.4. The summed E-state index contributed by atoms with van der Waals surface area (Å²) in [4.78, 5) is 18.7. The quantitative estimate of drug-likeness (QED) is 0.937. The van der Waals surface area contributed by atoms with E-state index in [2.05, 4.69) is 10.3 Å². The molecule has 3 rings (SSSR count). The Morgan fingerprint density at radius 2 is 2.55 bits per heavy atom. The Morgan fingerprint density at radius 1 is 1.65 bits per heavy atom. The molecule has 1 atom stereocenters. The second-order valence-corrected chi connectivity index (χ2v) is 5.87. The van der Waals surface area contributed by atoms with Crippen LogP contribution in [0.25, 0.3) is 10.6 Å². The Kier molecular flexibility index (Phi) is 3.84. The number of hydrogen-bond acceptors (Lipinski definition) is 5. The molecule has 1 saturated heterocycles. The van der Waals surface area contributed by atoms with Crippen molar-refractivity contribution < 1.29 is 9.21 Å². The summed E-state index contributed by atoms with van der Waals surface area (Å²) < 4.78 is 5.04. The molecule has 0 aromatic carbocycles. The van der Waals surface area contributed by atoms with E-state index in [9.17, 15) is 4.79 Å². The first kappa shape index (κ1) is 13.3. The van der Waals surface area contributed by atoms with Gasteiger partial charge >= 0.3 is 0 Å². The van der Waals surface area contributed by atoms with Crippen LogP contribution >= 0.6 is 11.3 Å². The molecule has 1 fully saturated rings. The number of furan rings is 1. The van der Waals surface area contributed by atoms with E-state index in [4.69, 9.17) is 4.42 Å². The Bertz CT molecular complexity index is 579. The lowest BCUT2D eigenvalue weighted by Crippen LogP contribution is -2.30. The number of carbonyl (C=O) groups excluding carboxylic acids is 1. The van der Waals surface area contributed by atoms with Gasteiger partial charge in [0.25, 0.3) is 5.91 Å². The van der Waals surface area contributed by atoms with Crippen molar-refractivity contribution >= 4 is 17.2 Å². The zero-order valence-electron chi connectivity index (χ0n) is 11.3. The molecule has 1 unspecified atom stereocenters. The predicted molar refractivity (Wildman–Crippen MR) is 77.8 cm³/mol. The highest BCUT2D eigenvalue weighted by Crippen LogP contribution is 2.25. The molecule has 2 aromatic rings. The topological polar surface area (TPSA) is 58.4 Å². The number of nitrogens with one attached hydrogen (secondary N) is 1. The molecule has 0 bridgehead atoms. The van der Waals surface area contributed by atoms with Crippen LogP contribution in [-0.2, 0) is 0 Å². The average molecular weight is 291 g/mol. The molecule has 106 valence electrons. The minimum Gasteiger partial charge on any atom is -0.472 e. The van der Waals surface area contributed by atoms with E-state index in [1.807, 2.05) is 23.4 Å². The summed E-state index contributed by atoms with van der Waals surface area (Å²) in [5, 5.41) is 5.83. The number of hydrogen-bond donors (Lipinski definition) is 1. The van der Waals surface area contributed by atoms with Crippen LogP contribution in [0.3, 0.4) is 0 Å². The number of thiazole rings is 1. The molecule has 1 amide bonds. The highest BCUT2D eigenvalue weighted by molar-refractivity contribution is 7.13. The van der Waals surface area contributed by atoms with Gasteiger partial charge in [0, 0.05) is 24.0 Å². The third-order valence-electron chi connectivity index (χ3n) is 3.56. The summed E-state index contributed by atoms with van der Waals surface area (Å²) in [6.07, 6.45) is 4.32. The number of amides is 1. The lowest BCUT2D eigenvalue weighted by atomic mass is 10.1. The first-order valence-electron chi connectivity index (χ1n) is 6.70. The van der Waals surface area contributed by atoms with Gasteiger partial charge in [-0.2, -0.15) is 0 Å². The van der Waals surface area contributed by atoms with Crippen molar-refractivity contribution in [3.63, 3.8) is 0 Å². The van der Waals surface area contributed by atoms with Crippen LogP contribution in [0, 0.1) is 5.92 Å². The molecular formula is C14H17N3O2S. The monoisotopic (exact) mass is 291 g/mol. The van der Waals surface area contributed by atoms with E-state index >= 15 is 0 Å². The summed E-state index contributed by atoms with van der Waals surface area (Å²) in [5.41, 5.74) is 1.46. The SMILES string of the molecule is CNCC1CCN(C(=O)c2csc(-c3ccoc3)n2)C1. The van der Waals surface area contributed by atoms with Gasteiger partial charge in [0.15, 0.2) is 0 Å². The van der Waals surface area contributed by atoms with Crippen molar-refractivity contribution in [1.29, 1.82) is 0 Å². The van der Waals surface area contributed by atoms with E-state index in [1.54, 1.807) is 12.5 Å². The van der Waals surface area contributed by atoms with Crippen LogP contribution in [-0.4, -0.2) is 42.5 Å². The highest BCUT2D eigenvalue weighted by atomic mass is 32.1. The lowest BCUT2D eigenvalue weighted by Gasteiger charge is -2.14. The normalized spacial score (nSPS) is 18.6. The third-order valence-corrected chi connectivity index (χ3v) is 4.45. The summed E-state index contributed by atoms with van der Waals surface area (Å²) in [7, 11) is 1.95. The van der Waals surface area contributed by atoms with Crippen molar-refractivity contribution in [2.24, 2.45) is 5.92 Å². The summed E-state index contributed by atoms with van der Waals surface area (Å²) >= 11 is 1.47. The molecule has 20 heavy (non-hydrogen) atoms. The van der Waals surface area contributed by atoms with E-state index in [0.29, 0.717) is 11.6 Å². The molecule has 1 N–H and O–H groups in total. The van der Waals surface area contributed by atoms with E-state index < -0.39 is 0 Å². The maximum Gasteiger partial charge on any atom is 0.273 e. The van der Waals surface area contributed by atoms with Crippen molar-refractivity contribution in [3.8, 4) is 10.6 Å². The van der Waals surface area contributed by atoms with Crippen LogP contribution in [0.4, 0.5) is 0 Å². The number of carbonyl (C=O) groups is 1. The van der Waals surface area contributed by atoms with Crippen LogP contribution in [0.5, 0.6) is 0 Å². The van der Waals surface area contributed by atoms with E-state index in [-0.39, 0.29) is 5.91 Å². The fourth-order valence-electron chi connectivity index (χ4n) is 2.53. The maximum atomic E-state index is 12.4. The molecule has 3 heterocycles. The molecule has 5 nitrogen and oxygen atoms in total. The van der Waals surface area contributed by atoms with Crippen molar-refractivity contribution in [2.75, 3.05) is 26.7 Å². The standard InChI is InChI=1S/C14H17N3O2S/c1-15-6-10-2-4-17(7-10)14(18)12-9-20-13(16-12)11-3-5-19-8-11/h3,5,8-10,15H,2,4,6-7H2,1H3. The molecular weight excluding hydrogens is 274 g/mol. The second-order valence-electron chi connectivity index (χ2n) is 5.01. The van der Waals surface area contributed by atoms with Gasteiger partial charge in [0.05, 0.1) is 6.26 Å². The van der Waals surface area contributed by atoms with Crippen molar-refractivity contribution in [2.45, 2.75) is 6.42 Å². The van der Waals surface area contributed by atoms with Gasteiger partial charge in [-0.25, -0.2) is 4.98 Å². The molecule has 1 aliphatic heterocycles. The Labute approximate surface area is 121 Å². The molecule has 0 spiro atoms. The Hall–Kier alpha value is -1.66. The van der Waals surface area contributed by atoms with Gasteiger partial charge < -0.3 is 14.6 Å². The highest BCUT2D eigenvalue weighted by Gasteiger charge is 2.27. The lowest BCUT2D eigenvalue weighted by molar-refractivity contribution is 0.0782. The van der Waals surface area contributed by atoms with Gasteiger partial charge in [0.2, 0.25) is 0 Å². The summed E-state index contributed by atoms with van der Waals surface area (Å²) in [5.74, 6) is 0.588. The molecule has 6 heteroatoms. The molecule has 0 saturated carbocycles. The minimum absolute atomic E-state index is 0.0367. The molecule has 2 aromatic heterocycles. The average Bonchev–Trinajstić information content (AvgIpc) is 3.19. The van der Waals surface area contributed by atoms with E-state index in [1.165, 1.54) is 11.3 Å². The number of likely N-dealkylation sites (tertiary alicyclic amines) is 1. The Balaban J connectivity index is 1.69. The van der Waals surface area contributed by atoms with Gasteiger partial charge in [0.1, 0.15) is 17.0 Å². The number of nitrogens with zero attached hydrogens (tertiary/aromatic N) is 2. The van der Waals surface area contributed by atoms with Crippen LogP contribution in [0.1, 0.15) is 16.9 Å². The van der Waals surface area contributed by atoms with Gasteiger partial charge in [-0.05, 0) is 32.0 Å². The largest absolute Gasteiger partial charge is 0.472 e. The second kappa shape index (κ2) is 5.76. The first-order valence-corrected chi connectivity index (χ1v) is 7.58. The van der Waals surface area contributed by atoms with Gasteiger partial charge in [-0.1, -0.05) is 0 Å². The Morgan fingerprint density at radius 3 is 3.30 bits per heavy atom. The predicted octanol–water partition coefficient (Wildman–Crippen LogP) is 2.08. The van der Waals surface area contributed by atoms with Crippen molar-refractivity contribution in [3.05, 3.63) is 29.7 Å². The minimum atomic E-state index is 0.0367. The fourth-order valence-corrected chi connectivity index (χ4v) is 3.31. The van der Waals surface area contributed by atoms with Crippen LogP contribution < -0.4 is 5.32 Å². The third kappa shape index (κ3) is 2.62. The van der Waals surface area contributed by atoms with E-state index in [0.717, 1.165) is 36.6 Å². The molecule has 0 aliphatic carbocycles. The van der Waals surface area contributed by atoms with Crippen LogP contribution in [0.15, 0.2) is 28.4 Å². The van der Waals surface area contributed by atoms with Crippen molar-refractivity contribution in [1.82, 2.24) is 15.2 Å². The number of aromatic nitrogens is 1. The molecule has 1 aliphatic rings. The van der Waals surface area contributed by atoms with Crippen LogP contribution in [0.2, 0.25) is 0 Å². The number of rotatable bonds is 4. The summed E-state index contributed by atoms with van der Waals surface area (Å²) in [6.45, 7) is 2.60. The van der Waals surface area contributed by atoms with Gasteiger partial charge in [-0.3, -0.25) is 4.79 Å². The zero-order valence-corrected chi connectivity index (χ0v) is 12.2.